The van der Waals surface area contributed by atoms with Crippen LogP contribution in [0.2, 0.25) is 0 Å². The minimum Gasteiger partial charge on any atom is -0.497 e. The highest BCUT2D eigenvalue weighted by Gasteiger charge is 2.32. The maximum Gasteiger partial charge on any atom is 0.241 e. The molecule has 0 aromatic heterocycles. The Kier molecular flexibility index (Phi) is 9.27. The van der Waals surface area contributed by atoms with Crippen LogP contribution in [0, 0.1) is 5.92 Å². The quantitative estimate of drug-likeness (QED) is 0.568. The summed E-state index contributed by atoms with van der Waals surface area (Å²) in [7, 11) is -2.36. The second kappa shape index (κ2) is 11.4. The van der Waals surface area contributed by atoms with E-state index in [9.17, 15) is 18.0 Å². The van der Waals surface area contributed by atoms with E-state index < -0.39 is 16.1 Å². The summed E-state index contributed by atoms with van der Waals surface area (Å²) in [6.07, 6.45) is 0.723. The van der Waals surface area contributed by atoms with Crippen molar-refractivity contribution in [1.29, 1.82) is 0 Å². The Bertz CT molecular complexity index is 842. The van der Waals surface area contributed by atoms with Crippen LogP contribution in [0.15, 0.2) is 29.2 Å². The van der Waals surface area contributed by atoms with E-state index in [1.165, 1.54) is 19.2 Å². The van der Waals surface area contributed by atoms with Crippen molar-refractivity contribution in [3.8, 4) is 5.75 Å². The van der Waals surface area contributed by atoms with Crippen molar-refractivity contribution in [3.63, 3.8) is 0 Å². The van der Waals surface area contributed by atoms with Crippen molar-refractivity contribution in [2.45, 2.75) is 38.1 Å². The van der Waals surface area contributed by atoms with E-state index in [-0.39, 0.29) is 22.6 Å². The lowest BCUT2D eigenvalue weighted by atomic mass is 10.0. The Hall–Kier alpha value is -2.17. The number of benzene rings is 1. The van der Waals surface area contributed by atoms with Gasteiger partial charge < -0.3 is 15.0 Å². The number of nitrogens with zero attached hydrogens (tertiary/aromatic N) is 2. The first-order valence-corrected chi connectivity index (χ1v) is 12.1. The van der Waals surface area contributed by atoms with Crippen LogP contribution in [0.25, 0.3) is 0 Å². The molecule has 10 heteroatoms. The Balaban J connectivity index is 2.06. The van der Waals surface area contributed by atoms with Gasteiger partial charge in [-0.15, -0.1) is 0 Å². The molecule has 1 fully saturated rings. The lowest BCUT2D eigenvalue weighted by molar-refractivity contribution is -0.133. The molecule has 31 heavy (non-hydrogen) atoms. The molecule has 174 valence electrons. The zero-order chi connectivity index (χ0) is 23.0. The predicted octanol–water partition coefficient (Wildman–Crippen LogP) is 0.669. The molecule has 1 atom stereocenters. The van der Waals surface area contributed by atoms with Crippen LogP contribution in [0.3, 0.4) is 0 Å². The molecule has 1 aromatic carbocycles. The van der Waals surface area contributed by atoms with Crippen LogP contribution in [-0.2, 0) is 19.6 Å². The molecule has 0 spiro atoms. The SMILES string of the molecule is CCNC(=O)CN1CCCN(C(=O)[C@@H](NS(=O)(=O)c2ccc(OC)cc2)C(C)C)CC1. The number of hydrogen-bond acceptors (Lipinski definition) is 6. The number of likely N-dealkylation sites (N-methyl/N-ethyl adjacent to an activating group) is 1. The van der Waals surface area contributed by atoms with E-state index in [0.29, 0.717) is 45.0 Å². The summed E-state index contributed by atoms with van der Waals surface area (Å²) < 4.78 is 33.4. The molecule has 2 amide bonds. The van der Waals surface area contributed by atoms with Crippen molar-refractivity contribution in [1.82, 2.24) is 19.8 Å². The normalized spacial score (nSPS) is 16.6. The molecular weight excluding hydrogens is 420 g/mol. The lowest BCUT2D eigenvalue weighted by Gasteiger charge is -2.29. The van der Waals surface area contributed by atoms with Crippen LogP contribution in [0.1, 0.15) is 27.2 Å². The van der Waals surface area contributed by atoms with Crippen LogP contribution >= 0.6 is 0 Å². The highest BCUT2D eigenvalue weighted by molar-refractivity contribution is 7.89. The second-order valence-corrected chi connectivity index (χ2v) is 9.64. The molecule has 1 saturated heterocycles. The minimum absolute atomic E-state index is 0.0328. The van der Waals surface area contributed by atoms with Crippen LogP contribution in [0.5, 0.6) is 5.75 Å². The first-order chi connectivity index (χ1) is 14.7. The van der Waals surface area contributed by atoms with Crippen molar-refractivity contribution < 1.29 is 22.7 Å². The smallest absolute Gasteiger partial charge is 0.241 e. The van der Waals surface area contributed by atoms with Gasteiger partial charge in [0.2, 0.25) is 21.8 Å². The van der Waals surface area contributed by atoms with Crippen LogP contribution in [0.4, 0.5) is 0 Å². The average molecular weight is 455 g/mol. The highest BCUT2D eigenvalue weighted by Crippen LogP contribution is 2.18. The summed E-state index contributed by atoms with van der Waals surface area (Å²) >= 11 is 0. The van der Waals surface area contributed by atoms with Gasteiger partial charge in [-0.25, -0.2) is 8.42 Å². The third-order valence-corrected chi connectivity index (χ3v) is 6.68. The monoisotopic (exact) mass is 454 g/mol. The van der Waals surface area contributed by atoms with Crippen LogP contribution in [-0.4, -0.2) is 82.5 Å². The molecule has 1 aromatic rings. The van der Waals surface area contributed by atoms with Crippen molar-refractivity contribution >= 4 is 21.8 Å². The Labute approximate surface area is 185 Å². The number of carbonyl (C=O) groups is 2. The van der Waals surface area contributed by atoms with Gasteiger partial charge in [-0.3, -0.25) is 14.5 Å². The van der Waals surface area contributed by atoms with Crippen molar-refractivity contribution in [3.05, 3.63) is 24.3 Å². The number of amides is 2. The van der Waals surface area contributed by atoms with Gasteiger partial charge in [0.25, 0.3) is 0 Å². The molecule has 2 rings (SSSR count). The van der Waals surface area contributed by atoms with Gasteiger partial charge >= 0.3 is 0 Å². The second-order valence-electron chi connectivity index (χ2n) is 7.93. The standard InChI is InChI=1S/C21H34N4O5S/c1-5-22-19(26)15-24-11-6-12-25(14-13-24)21(27)20(16(2)3)23-31(28,29)18-9-7-17(30-4)8-10-18/h7-10,16,20,23H,5-6,11-15H2,1-4H3,(H,22,26)/t20-/m0/s1. The zero-order valence-corrected chi connectivity index (χ0v) is 19.6. The lowest BCUT2D eigenvalue weighted by Crippen LogP contribution is -2.52. The fourth-order valence-electron chi connectivity index (χ4n) is 3.46. The van der Waals surface area contributed by atoms with E-state index >= 15 is 0 Å². The average Bonchev–Trinajstić information content (AvgIpc) is 2.97. The maximum absolute atomic E-state index is 13.2. The van der Waals surface area contributed by atoms with E-state index in [0.717, 1.165) is 6.42 Å². The van der Waals surface area contributed by atoms with E-state index in [2.05, 4.69) is 10.0 Å². The summed E-state index contributed by atoms with van der Waals surface area (Å²) in [5.74, 6) is 0.0499. The topological polar surface area (TPSA) is 108 Å². The first kappa shape index (κ1) is 25.1. The number of hydrogen-bond donors (Lipinski definition) is 2. The number of rotatable bonds is 9. The Morgan fingerprint density at radius 2 is 1.77 bits per heavy atom. The Morgan fingerprint density at radius 3 is 2.35 bits per heavy atom. The third-order valence-electron chi connectivity index (χ3n) is 5.23. The first-order valence-electron chi connectivity index (χ1n) is 10.6. The fraction of sp³-hybridized carbons (Fsp3) is 0.619. The van der Waals surface area contributed by atoms with E-state index in [1.54, 1.807) is 17.0 Å². The molecule has 1 heterocycles. The van der Waals surface area contributed by atoms with Gasteiger partial charge in [-0.2, -0.15) is 4.72 Å². The molecule has 1 aliphatic rings. The summed E-state index contributed by atoms with van der Waals surface area (Å²) in [5.41, 5.74) is 0. The summed E-state index contributed by atoms with van der Waals surface area (Å²) in [6, 6.07) is 5.17. The molecular formula is C21H34N4O5S. The number of nitrogens with one attached hydrogen (secondary N) is 2. The van der Waals surface area contributed by atoms with Gasteiger partial charge in [-0.1, -0.05) is 13.8 Å². The highest BCUT2D eigenvalue weighted by atomic mass is 32.2. The molecule has 1 aliphatic heterocycles. The molecule has 0 radical (unpaired) electrons. The molecule has 2 N–H and O–H groups in total. The molecule has 9 nitrogen and oxygen atoms in total. The fourth-order valence-corrected chi connectivity index (χ4v) is 4.80. The summed E-state index contributed by atoms with van der Waals surface area (Å²) in [4.78, 5) is 28.9. The van der Waals surface area contributed by atoms with Gasteiger partial charge in [0.05, 0.1) is 18.6 Å². The number of carbonyl (C=O) groups excluding carboxylic acids is 2. The zero-order valence-electron chi connectivity index (χ0n) is 18.8. The van der Waals surface area contributed by atoms with Gasteiger partial charge in [-0.05, 0) is 43.5 Å². The Morgan fingerprint density at radius 1 is 1.10 bits per heavy atom. The molecule has 0 bridgehead atoms. The number of ether oxygens (including phenoxy) is 1. The number of methoxy groups -OCH3 is 1. The molecule has 0 aliphatic carbocycles. The van der Waals surface area contributed by atoms with Gasteiger partial charge in [0.15, 0.2) is 0 Å². The van der Waals surface area contributed by atoms with Crippen LogP contribution < -0.4 is 14.8 Å². The van der Waals surface area contributed by atoms with Gasteiger partial charge in [0.1, 0.15) is 11.8 Å². The largest absolute Gasteiger partial charge is 0.497 e. The summed E-state index contributed by atoms with van der Waals surface area (Å²) in [6.45, 7) is 8.65. The van der Waals surface area contributed by atoms with E-state index in [1.807, 2.05) is 25.7 Å². The molecule has 0 unspecified atom stereocenters. The van der Waals surface area contributed by atoms with Crippen molar-refractivity contribution in [2.24, 2.45) is 5.92 Å². The third kappa shape index (κ3) is 7.19. The number of sulfonamides is 1. The summed E-state index contributed by atoms with van der Waals surface area (Å²) in [5, 5.41) is 2.78. The maximum atomic E-state index is 13.2. The van der Waals surface area contributed by atoms with E-state index in [4.69, 9.17) is 4.74 Å². The molecule has 0 saturated carbocycles. The van der Waals surface area contributed by atoms with Gasteiger partial charge in [0, 0.05) is 32.7 Å². The van der Waals surface area contributed by atoms with Crippen molar-refractivity contribution in [2.75, 3.05) is 46.4 Å². The minimum atomic E-state index is -3.87. The predicted molar refractivity (Wildman–Crippen MR) is 118 cm³/mol.